The van der Waals surface area contributed by atoms with E-state index >= 15 is 0 Å². The molecule has 0 radical (unpaired) electrons. The van der Waals surface area contributed by atoms with Crippen LogP contribution in [0.5, 0.6) is 0 Å². The third-order valence-corrected chi connectivity index (χ3v) is 2.88. The zero-order valence-corrected chi connectivity index (χ0v) is 8.83. The Balaban J connectivity index is 2.13. The van der Waals surface area contributed by atoms with Crippen LogP contribution in [0.2, 0.25) is 0 Å². The Labute approximate surface area is 81.3 Å². The number of aliphatic hydroxyl groups excluding tert-OH is 1. The van der Waals surface area contributed by atoms with Crippen molar-refractivity contribution in [3.8, 4) is 0 Å². The summed E-state index contributed by atoms with van der Waals surface area (Å²) in [5.41, 5.74) is 0. The fraction of sp³-hybridized carbons (Fsp3) is 1.00. The van der Waals surface area contributed by atoms with Gasteiger partial charge >= 0.3 is 0 Å². The number of aliphatic hydroxyl groups is 1. The fourth-order valence-electron chi connectivity index (χ4n) is 1.89. The van der Waals surface area contributed by atoms with E-state index in [1.807, 2.05) is 6.92 Å². The van der Waals surface area contributed by atoms with E-state index < -0.39 is 0 Å². The van der Waals surface area contributed by atoms with Gasteiger partial charge in [-0.2, -0.15) is 0 Å². The maximum absolute atomic E-state index is 9.33. The molecule has 1 fully saturated rings. The van der Waals surface area contributed by atoms with Crippen molar-refractivity contribution in [2.45, 2.75) is 58.2 Å². The average molecular weight is 186 g/mol. The Morgan fingerprint density at radius 1 is 1.46 bits per heavy atom. The normalized spacial score (nSPS) is 31.6. The molecule has 1 aliphatic rings. The van der Waals surface area contributed by atoms with Gasteiger partial charge in [0.15, 0.2) is 0 Å². The summed E-state index contributed by atoms with van der Waals surface area (Å²) in [5, 5.41) is 9.33. The minimum Gasteiger partial charge on any atom is -0.391 e. The summed E-state index contributed by atoms with van der Waals surface area (Å²) >= 11 is 0. The SMILES string of the molecule is CCC(O)COC1CCCC(C)C1. The molecule has 0 spiro atoms. The molecule has 0 aliphatic heterocycles. The third kappa shape index (κ3) is 4.10. The zero-order valence-electron chi connectivity index (χ0n) is 8.83. The summed E-state index contributed by atoms with van der Waals surface area (Å²) in [6, 6.07) is 0. The van der Waals surface area contributed by atoms with E-state index in [-0.39, 0.29) is 6.10 Å². The third-order valence-electron chi connectivity index (χ3n) is 2.88. The Morgan fingerprint density at radius 3 is 2.85 bits per heavy atom. The first kappa shape index (κ1) is 11.0. The van der Waals surface area contributed by atoms with Gasteiger partial charge in [0.05, 0.1) is 18.8 Å². The maximum Gasteiger partial charge on any atom is 0.0771 e. The number of hydrogen-bond donors (Lipinski definition) is 1. The topological polar surface area (TPSA) is 29.5 Å². The molecule has 2 heteroatoms. The van der Waals surface area contributed by atoms with Gasteiger partial charge in [-0.05, 0) is 25.2 Å². The lowest BCUT2D eigenvalue weighted by Gasteiger charge is -2.27. The zero-order chi connectivity index (χ0) is 9.68. The minimum atomic E-state index is -0.266. The van der Waals surface area contributed by atoms with Gasteiger partial charge in [-0.3, -0.25) is 0 Å². The minimum absolute atomic E-state index is 0.266. The maximum atomic E-state index is 9.33. The molecule has 1 saturated carbocycles. The predicted octanol–water partition coefficient (Wildman–Crippen LogP) is 2.35. The molecule has 0 bridgehead atoms. The van der Waals surface area contributed by atoms with Crippen molar-refractivity contribution in [3.63, 3.8) is 0 Å². The Kier molecular flexibility index (Phi) is 4.74. The average Bonchev–Trinajstić information content (AvgIpc) is 2.14. The highest BCUT2D eigenvalue weighted by atomic mass is 16.5. The number of rotatable bonds is 4. The number of hydrogen-bond acceptors (Lipinski definition) is 2. The highest BCUT2D eigenvalue weighted by Gasteiger charge is 2.19. The van der Waals surface area contributed by atoms with E-state index in [9.17, 15) is 5.11 Å². The molecule has 0 aromatic carbocycles. The largest absolute Gasteiger partial charge is 0.391 e. The number of ether oxygens (including phenoxy) is 1. The molecule has 0 aromatic rings. The molecule has 13 heavy (non-hydrogen) atoms. The first-order valence-electron chi connectivity index (χ1n) is 5.52. The lowest BCUT2D eigenvalue weighted by Crippen LogP contribution is -2.25. The summed E-state index contributed by atoms with van der Waals surface area (Å²) < 4.78 is 5.66. The van der Waals surface area contributed by atoms with Crippen molar-refractivity contribution < 1.29 is 9.84 Å². The molecule has 3 atom stereocenters. The van der Waals surface area contributed by atoms with Gasteiger partial charge in [-0.25, -0.2) is 0 Å². The Bertz CT molecular complexity index is 136. The molecular weight excluding hydrogens is 164 g/mol. The van der Waals surface area contributed by atoms with Gasteiger partial charge in [0.2, 0.25) is 0 Å². The summed E-state index contributed by atoms with van der Waals surface area (Å²) in [6.07, 6.45) is 5.92. The van der Waals surface area contributed by atoms with Crippen LogP contribution < -0.4 is 0 Å². The van der Waals surface area contributed by atoms with Gasteiger partial charge in [-0.15, -0.1) is 0 Å². The second-order valence-electron chi connectivity index (χ2n) is 4.29. The first-order chi connectivity index (χ1) is 6.22. The van der Waals surface area contributed by atoms with Crippen LogP contribution in [0.1, 0.15) is 46.0 Å². The Hall–Kier alpha value is -0.0800. The lowest BCUT2D eigenvalue weighted by atomic mass is 9.89. The highest BCUT2D eigenvalue weighted by Crippen LogP contribution is 2.25. The van der Waals surface area contributed by atoms with Crippen LogP contribution in [0.25, 0.3) is 0 Å². The molecule has 0 saturated heterocycles. The molecule has 1 N–H and O–H groups in total. The molecule has 0 amide bonds. The molecule has 3 unspecified atom stereocenters. The van der Waals surface area contributed by atoms with E-state index in [2.05, 4.69) is 6.92 Å². The molecular formula is C11H22O2. The van der Waals surface area contributed by atoms with Crippen molar-refractivity contribution in [1.82, 2.24) is 0 Å². The second kappa shape index (κ2) is 5.61. The smallest absolute Gasteiger partial charge is 0.0771 e. The van der Waals surface area contributed by atoms with Crippen LogP contribution >= 0.6 is 0 Å². The Morgan fingerprint density at radius 2 is 2.23 bits per heavy atom. The van der Waals surface area contributed by atoms with Crippen LogP contribution in [-0.2, 0) is 4.74 Å². The van der Waals surface area contributed by atoms with E-state index in [4.69, 9.17) is 4.74 Å². The molecule has 1 rings (SSSR count). The van der Waals surface area contributed by atoms with Gasteiger partial charge in [-0.1, -0.05) is 26.7 Å². The molecule has 78 valence electrons. The van der Waals surface area contributed by atoms with Gasteiger partial charge in [0.1, 0.15) is 0 Å². The molecule has 0 heterocycles. The van der Waals surface area contributed by atoms with Crippen LogP contribution in [0.15, 0.2) is 0 Å². The molecule has 0 aromatic heterocycles. The summed E-state index contributed by atoms with van der Waals surface area (Å²) in [5.74, 6) is 0.803. The first-order valence-corrected chi connectivity index (χ1v) is 5.52. The standard InChI is InChI=1S/C11H22O2/c1-3-10(12)8-13-11-6-4-5-9(2)7-11/h9-12H,3-8H2,1-2H3. The molecule has 2 nitrogen and oxygen atoms in total. The van der Waals surface area contributed by atoms with Crippen LogP contribution in [-0.4, -0.2) is 23.9 Å². The summed E-state index contributed by atoms with van der Waals surface area (Å²) in [6.45, 7) is 4.79. The highest BCUT2D eigenvalue weighted by molar-refractivity contribution is 4.70. The summed E-state index contributed by atoms with van der Waals surface area (Å²) in [4.78, 5) is 0. The van der Waals surface area contributed by atoms with Gasteiger partial charge in [0, 0.05) is 0 Å². The van der Waals surface area contributed by atoms with Crippen molar-refractivity contribution in [3.05, 3.63) is 0 Å². The van der Waals surface area contributed by atoms with E-state index in [1.54, 1.807) is 0 Å². The monoisotopic (exact) mass is 186 g/mol. The van der Waals surface area contributed by atoms with Crippen molar-refractivity contribution in [2.75, 3.05) is 6.61 Å². The van der Waals surface area contributed by atoms with Crippen LogP contribution in [0.4, 0.5) is 0 Å². The van der Waals surface area contributed by atoms with Crippen molar-refractivity contribution >= 4 is 0 Å². The van der Waals surface area contributed by atoms with Gasteiger partial charge in [0.25, 0.3) is 0 Å². The lowest BCUT2D eigenvalue weighted by molar-refractivity contribution is -0.0319. The van der Waals surface area contributed by atoms with E-state index in [0.717, 1.165) is 12.3 Å². The fourth-order valence-corrected chi connectivity index (χ4v) is 1.89. The quantitative estimate of drug-likeness (QED) is 0.730. The van der Waals surface area contributed by atoms with Crippen LogP contribution in [0.3, 0.4) is 0 Å². The van der Waals surface area contributed by atoms with E-state index in [1.165, 1.54) is 25.7 Å². The van der Waals surface area contributed by atoms with Crippen LogP contribution in [0, 0.1) is 5.92 Å². The van der Waals surface area contributed by atoms with Gasteiger partial charge < -0.3 is 9.84 Å². The summed E-state index contributed by atoms with van der Waals surface area (Å²) in [7, 11) is 0. The predicted molar refractivity (Wildman–Crippen MR) is 53.7 cm³/mol. The van der Waals surface area contributed by atoms with Crippen molar-refractivity contribution in [1.29, 1.82) is 0 Å². The van der Waals surface area contributed by atoms with E-state index in [0.29, 0.717) is 12.7 Å². The second-order valence-corrected chi connectivity index (χ2v) is 4.29. The van der Waals surface area contributed by atoms with Crippen molar-refractivity contribution in [2.24, 2.45) is 5.92 Å². The molecule has 1 aliphatic carbocycles.